The summed E-state index contributed by atoms with van der Waals surface area (Å²) in [5.41, 5.74) is 2.65. The molecule has 3 rings (SSSR count). The fourth-order valence-corrected chi connectivity index (χ4v) is 3.48. The fraction of sp³-hybridized carbons (Fsp3) is 0.647. The van der Waals surface area contributed by atoms with Crippen molar-refractivity contribution in [3.63, 3.8) is 0 Å². The topological polar surface area (TPSA) is 59.7 Å². The van der Waals surface area contributed by atoms with E-state index in [-0.39, 0.29) is 0 Å². The second-order valence-electron chi connectivity index (χ2n) is 6.24. The zero-order valence-electron chi connectivity index (χ0n) is 14.1. The molecule has 23 heavy (non-hydrogen) atoms. The Morgan fingerprint density at radius 3 is 3.04 bits per heavy atom. The molecule has 0 bridgehead atoms. The molecule has 124 valence electrons. The van der Waals surface area contributed by atoms with Crippen molar-refractivity contribution in [2.45, 2.75) is 65.1 Å². The van der Waals surface area contributed by atoms with Gasteiger partial charge in [-0.1, -0.05) is 19.9 Å². The summed E-state index contributed by atoms with van der Waals surface area (Å²) in [6.07, 6.45) is 7.62. The van der Waals surface area contributed by atoms with E-state index in [2.05, 4.69) is 40.3 Å². The Bertz CT molecular complexity index is 623. The first-order chi connectivity index (χ1) is 11.3. The number of aromatic nitrogens is 5. The Labute approximate surface area is 137 Å². The van der Waals surface area contributed by atoms with E-state index in [1.165, 1.54) is 24.1 Å². The van der Waals surface area contributed by atoms with Crippen LogP contribution in [0.5, 0.6) is 0 Å². The lowest BCUT2D eigenvalue weighted by Crippen LogP contribution is -2.33. The highest BCUT2D eigenvalue weighted by molar-refractivity contribution is 5.25. The summed E-state index contributed by atoms with van der Waals surface area (Å²) >= 11 is 0. The van der Waals surface area contributed by atoms with Gasteiger partial charge in [0.1, 0.15) is 0 Å². The molecule has 0 amide bonds. The molecule has 0 aliphatic heterocycles. The lowest BCUT2D eigenvalue weighted by Gasteiger charge is -2.34. The van der Waals surface area contributed by atoms with Gasteiger partial charge in [-0.15, -0.1) is 5.10 Å². The summed E-state index contributed by atoms with van der Waals surface area (Å²) in [6, 6.07) is 4.65. The van der Waals surface area contributed by atoms with Crippen LogP contribution in [0.2, 0.25) is 0 Å². The van der Waals surface area contributed by atoms with Crippen molar-refractivity contribution in [3.8, 4) is 0 Å². The summed E-state index contributed by atoms with van der Waals surface area (Å²) in [5, 5.41) is 12.2. The van der Waals surface area contributed by atoms with Gasteiger partial charge in [0, 0.05) is 12.7 Å². The second kappa shape index (κ2) is 7.64. The largest absolute Gasteiger partial charge is 0.287 e. The quantitative estimate of drug-likeness (QED) is 0.786. The van der Waals surface area contributed by atoms with Crippen molar-refractivity contribution in [2.75, 3.05) is 6.54 Å². The third-order valence-corrected chi connectivity index (χ3v) is 4.50. The number of pyridine rings is 1. The minimum absolute atomic E-state index is 0.381. The molecule has 1 atom stereocenters. The van der Waals surface area contributed by atoms with Crippen LogP contribution in [0.1, 0.15) is 62.7 Å². The zero-order valence-corrected chi connectivity index (χ0v) is 14.1. The molecule has 6 heteroatoms. The molecule has 0 radical (unpaired) electrons. The first kappa shape index (κ1) is 16.1. The summed E-state index contributed by atoms with van der Waals surface area (Å²) in [5.74, 6) is 0.961. The predicted molar refractivity (Wildman–Crippen MR) is 88.7 cm³/mol. The Morgan fingerprint density at radius 1 is 1.30 bits per heavy atom. The summed E-state index contributed by atoms with van der Waals surface area (Å²) in [6.45, 7) is 7.09. The SMILES string of the molecule is CCCN(Cc1nnnn1CCC)[C@@H]1CCCc2cccnc21. The van der Waals surface area contributed by atoms with Crippen LogP contribution in [0.25, 0.3) is 0 Å². The molecule has 1 aliphatic carbocycles. The van der Waals surface area contributed by atoms with E-state index in [1.54, 1.807) is 0 Å². The maximum absolute atomic E-state index is 4.69. The Balaban J connectivity index is 1.83. The van der Waals surface area contributed by atoms with Crippen molar-refractivity contribution >= 4 is 0 Å². The van der Waals surface area contributed by atoms with Crippen LogP contribution in [0, 0.1) is 0 Å². The van der Waals surface area contributed by atoms with E-state index < -0.39 is 0 Å². The van der Waals surface area contributed by atoms with Crippen molar-refractivity contribution in [2.24, 2.45) is 0 Å². The summed E-state index contributed by atoms with van der Waals surface area (Å²) in [4.78, 5) is 7.19. The smallest absolute Gasteiger partial charge is 0.165 e. The molecule has 6 nitrogen and oxygen atoms in total. The number of nitrogens with zero attached hydrogens (tertiary/aromatic N) is 6. The van der Waals surface area contributed by atoms with Gasteiger partial charge in [-0.25, -0.2) is 4.68 Å². The number of tetrazole rings is 1. The molecule has 2 aromatic rings. The van der Waals surface area contributed by atoms with E-state index in [9.17, 15) is 0 Å². The van der Waals surface area contributed by atoms with Crippen molar-refractivity contribution in [1.82, 2.24) is 30.1 Å². The van der Waals surface area contributed by atoms with Crippen LogP contribution in [0.4, 0.5) is 0 Å². The van der Waals surface area contributed by atoms with Gasteiger partial charge in [0.05, 0.1) is 18.3 Å². The highest BCUT2D eigenvalue weighted by Crippen LogP contribution is 2.33. The second-order valence-corrected chi connectivity index (χ2v) is 6.24. The van der Waals surface area contributed by atoms with Crippen LogP contribution >= 0.6 is 0 Å². The molecule has 0 saturated carbocycles. The van der Waals surface area contributed by atoms with Crippen LogP contribution in [-0.2, 0) is 19.5 Å². The van der Waals surface area contributed by atoms with Gasteiger partial charge in [-0.2, -0.15) is 0 Å². The van der Waals surface area contributed by atoms with E-state index in [0.29, 0.717) is 6.04 Å². The number of fused-ring (bicyclic) bond motifs is 1. The Hall–Kier alpha value is -1.82. The standard InChI is InChI=1S/C17H26N6/c1-3-11-22(13-16-19-20-21-23(16)12-4-2)15-9-5-7-14-8-6-10-18-17(14)15/h6,8,10,15H,3-5,7,9,11-13H2,1-2H3/t15-/m1/s1. The average molecular weight is 314 g/mol. The van der Waals surface area contributed by atoms with Gasteiger partial charge in [-0.05, 0) is 60.7 Å². The first-order valence-electron chi connectivity index (χ1n) is 8.76. The molecule has 2 heterocycles. The van der Waals surface area contributed by atoms with Gasteiger partial charge in [0.2, 0.25) is 0 Å². The highest BCUT2D eigenvalue weighted by Gasteiger charge is 2.27. The van der Waals surface area contributed by atoms with Crippen molar-refractivity contribution < 1.29 is 0 Å². The molecule has 0 aromatic carbocycles. The zero-order chi connectivity index (χ0) is 16.1. The lowest BCUT2D eigenvalue weighted by molar-refractivity contribution is 0.159. The van der Waals surface area contributed by atoms with E-state index >= 15 is 0 Å². The van der Waals surface area contributed by atoms with Gasteiger partial charge >= 0.3 is 0 Å². The van der Waals surface area contributed by atoms with E-state index in [1.807, 2.05) is 16.9 Å². The Morgan fingerprint density at radius 2 is 2.22 bits per heavy atom. The van der Waals surface area contributed by atoms with Crippen LogP contribution in [-0.4, -0.2) is 36.6 Å². The number of rotatable bonds is 7. The molecule has 2 aromatic heterocycles. The van der Waals surface area contributed by atoms with Gasteiger partial charge in [-0.3, -0.25) is 9.88 Å². The third-order valence-electron chi connectivity index (χ3n) is 4.50. The van der Waals surface area contributed by atoms with Gasteiger partial charge < -0.3 is 0 Å². The van der Waals surface area contributed by atoms with Crippen molar-refractivity contribution in [1.29, 1.82) is 0 Å². The minimum atomic E-state index is 0.381. The first-order valence-corrected chi connectivity index (χ1v) is 8.76. The normalized spacial score (nSPS) is 17.4. The van der Waals surface area contributed by atoms with Gasteiger partial charge in [0.25, 0.3) is 0 Å². The summed E-state index contributed by atoms with van der Waals surface area (Å²) in [7, 11) is 0. The summed E-state index contributed by atoms with van der Waals surface area (Å²) < 4.78 is 1.94. The molecule has 0 saturated heterocycles. The molecular formula is C17H26N6. The van der Waals surface area contributed by atoms with Crippen LogP contribution in [0.3, 0.4) is 0 Å². The highest BCUT2D eigenvalue weighted by atomic mass is 15.5. The molecule has 0 N–H and O–H groups in total. The van der Waals surface area contributed by atoms with Crippen LogP contribution < -0.4 is 0 Å². The predicted octanol–water partition coefficient (Wildman–Crippen LogP) is 2.77. The third kappa shape index (κ3) is 3.58. The molecule has 0 spiro atoms. The van der Waals surface area contributed by atoms with Gasteiger partial charge in [0.15, 0.2) is 5.82 Å². The number of hydrogen-bond acceptors (Lipinski definition) is 5. The van der Waals surface area contributed by atoms with E-state index in [4.69, 9.17) is 4.98 Å². The molecule has 0 fully saturated rings. The molecular weight excluding hydrogens is 288 g/mol. The lowest BCUT2D eigenvalue weighted by atomic mass is 9.90. The number of aryl methyl sites for hydroxylation is 2. The monoisotopic (exact) mass is 314 g/mol. The fourth-order valence-electron chi connectivity index (χ4n) is 3.48. The average Bonchev–Trinajstić information content (AvgIpc) is 3.01. The molecule has 0 unspecified atom stereocenters. The van der Waals surface area contributed by atoms with Crippen LogP contribution in [0.15, 0.2) is 18.3 Å². The maximum atomic E-state index is 4.69. The molecule has 1 aliphatic rings. The van der Waals surface area contributed by atoms with Crippen molar-refractivity contribution in [3.05, 3.63) is 35.4 Å². The number of hydrogen-bond donors (Lipinski definition) is 0. The minimum Gasteiger partial charge on any atom is -0.287 e. The Kier molecular flexibility index (Phi) is 5.33. The van der Waals surface area contributed by atoms with E-state index in [0.717, 1.165) is 44.7 Å². The maximum Gasteiger partial charge on any atom is 0.165 e.